The monoisotopic (exact) mass is 472 g/mol. The Morgan fingerprint density at radius 1 is 0.824 bits per heavy atom. The second kappa shape index (κ2) is 14.0. The summed E-state index contributed by atoms with van der Waals surface area (Å²) in [6, 6.07) is 1.89. The summed E-state index contributed by atoms with van der Waals surface area (Å²) < 4.78 is 0. The predicted molar refractivity (Wildman–Crippen MR) is 142 cm³/mol. The maximum atomic E-state index is 6.07. The van der Waals surface area contributed by atoms with Crippen LogP contribution in [0.15, 0.2) is 6.07 Å². The standard InChI is InChI=1S/C26H48N8/c27-24-17-25(34-15-13-28-14-16-34)33-26(32-24)31-20-23-9-7-22(8-10-23)19-30-12-4-11-29-18-21-5-2-1-3-6-21/h17,21-23,28-30H,1-16,18-20H2,(H3,27,31,32,33)/t22-,23-. The first kappa shape index (κ1) is 25.5. The summed E-state index contributed by atoms with van der Waals surface area (Å²) in [6.07, 6.45) is 13.7. The fourth-order valence-corrected chi connectivity index (χ4v) is 5.80. The van der Waals surface area contributed by atoms with E-state index < -0.39 is 0 Å². The lowest BCUT2D eigenvalue weighted by Gasteiger charge is -2.30. The molecule has 2 heterocycles. The molecule has 6 N–H and O–H groups in total. The molecule has 34 heavy (non-hydrogen) atoms. The number of nitrogens with zero attached hydrogens (tertiary/aromatic N) is 3. The zero-order valence-electron chi connectivity index (χ0n) is 21.2. The molecule has 2 aliphatic carbocycles. The summed E-state index contributed by atoms with van der Waals surface area (Å²) >= 11 is 0. The lowest BCUT2D eigenvalue weighted by atomic mass is 9.82. The second-order valence-corrected chi connectivity index (χ2v) is 10.7. The van der Waals surface area contributed by atoms with E-state index in [1.54, 1.807) is 0 Å². The summed E-state index contributed by atoms with van der Waals surface area (Å²) in [4.78, 5) is 11.4. The third-order valence-corrected chi connectivity index (χ3v) is 7.99. The highest BCUT2D eigenvalue weighted by Gasteiger charge is 2.21. The molecule has 0 unspecified atom stereocenters. The molecule has 1 saturated heterocycles. The fraction of sp³-hybridized carbons (Fsp3) is 0.846. The van der Waals surface area contributed by atoms with Crippen molar-refractivity contribution in [1.29, 1.82) is 0 Å². The van der Waals surface area contributed by atoms with Crippen molar-refractivity contribution in [3.63, 3.8) is 0 Å². The number of aromatic nitrogens is 2. The Labute approximate surface area is 206 Å². The second-order valence-electron chi connectivity index (χ2n) is 10.7. The van der Waals surface area contributed by atoms with Crippen molar-refractivity contribution < 1.29 is 0 Å². The number of nitrogens with one attached hydrogen (secondary N) is 4. The molecule has 4 rings (SSSR count). The van der Waals surface area contributed by atoms with Crippen molar-refractivity contribution in [2.24, 2.45) is 17.8 Å². The molecule has 1 aliphatic heterocycles. The largest absolute Gasteiger partial charge is 0.383 e. The van der Waals surface area contributed by atoms with Crippen LogP contribution in [0, 0.1) is 17.8 Å². The van der Waals surface area contributed by atoms with E-state index in [0.717, 1.165) is 63.5 Å². The summed E-state index contributed by atoms with van der Waals surface area (Å²) in [7, 11) is 0. The predicted octanol–water partition coefficient (Wildman–Crippen LogP) is 2.84. The van der Waals surface area contributed by atoms with Crippen LogP contribution in [0.2, 0.25) is 0 Å². The van der Waals surface area contributed by atoms with Gasteiger partial charge in [0.05, 0.1) is 0 Å². The van der Waals surface area contributed by atoms with Gasteiger partial charge in [-0.05, 0) is 88.9 Å². The molecular formula is C26H48N8. The van der Waals surface area contributed by atoms with Gasteiger partial charge in [0.25, 0.3) is 0 Å². The molecule has 8 heteroatoms. The molecule has 0 radical (unpaired) electrons. The van der Waals surface area contributed by atoms with E-state index >= 15 is 0 Å². The number of anilines is 3. The van der Waals surface area contributed by atoms with Crippen molar-refractivity contribution in [2.45, 2.75) is 64.2 Å². The van der Waals surface area contributed by atoms with Crippen molar-refractivity contribution in [2.75, 3.05) is 74.9 Å². The van der Waals surface area contributed by atoms with Gasteiger partial charge in [0.15, 0.2) is 0 Å². The zero-order chi connectivity index (χ0) is 23.4. The lowest BCUT2D eigenvalue weighted by Crippen LogP contribution is -2.44. The molecule has 0 atom stereocenters. The van der Waals surface area contributed by atoms with E-state index in [2.05, 4.69) is 31.2 Å². The van der Waals surface area contributed by atoms with E-state index in [9.17, 15) is 0 Å². The molecule has 3 aliphatic rings. The quantitative estimate of drug-likeness (QED) is 0.296. The SMILES string of the molecule is Nc1cc(N2CCNCC2)nc(NC[C@H]2CC[C@H](CNCCCNCC3CCCCC3)CC2)n1. The molecule has 0 amide bonds. The van der Waals surface area contributed by atoms with Crippen LogP contribution in [0.25, 0.3) is 0 Å². The minimum Gasteiger partial charge on any atom is -0.383 e. The van der Waals surface area contributed by atoms with Gasteiger partial charge < -0.3 is 31.9 Å². The van der Waals surface area contributed by atoms with Gasteiger partial charge in [-0.25, -0.2) is 0 Å². The number of nitrogens with two attached hydrogens (primary N) is 1. The van der Waals surface area contributed by atoms with Gasteiger partial charge in [-0.2, -0.15) is 9.97 Å². The maximum absolute atomic E-state index is 6.07. The van der Waals surface area contributed by atoms with E-state index in [1.165, 1.54) is 77.3 Å². The van der Waals surface area contributed by atoms with Crippen molar-refractivity contribution >= 4 is 17.6 Å². The number of rotatable bonds is 12. The van der Waals surface area contributed by atoms with Crippen LogP contribution in [-0.4, -0.2) is 68.9 Å². The molecule has 192 valence electrons. The highest BCUT2D eigenvalue weighted by Crippen LogP contribution is 2.29. The van der Waals surface area contributed by atoms with Crippen molar-refractivity contribution in [1.82, 2.24) is 25.9 Å². The van der Waals surface area contributed by atoms with Crippen LogP contribution in [0.3, 0.4) is 0 Å². The fourth-order valence-electron chi connectivity index (χ4n) is 5.80. The Bertz CT molecular complexity index is 694. The average molecular weight is 473 g/mol. The number of hydrogen-bond acceptors (Lipinski definition) is 8. The Balaban J connectivity index is 1.05. The lowest BCUT2D eigenvalue weighted by molar-refractivity contribution is 0.275. The van der Waals surface area contributed by atoms with Crippen LogP contribution in [0.5, 0.6) is 0 Å². The minimum atomic E-state index is 0.546. The van der Waals surface area contributed by atoms with Gasteiger partial charge in [0.1, 0.15) is 11.6 Å². The highest BCUT2D eigenvalue weighted by atomic mass is 15.3. The average Bonchev–Trinajstić information content (AvgIpc) is 2.88. The molecule has 0 spiro atoms. The normalized spacial score (nSPS) is 24.3. The first-order valence-electron chi connectivity index (χ1n) is 14.0. The molecule has 1 aromatic rings. The van der Waals surface area contributed by atoms with Crippen LogP contribution in [-0.2, 0) is 0 Å². The summed E-state index contributed by atoms with van der Waals surface area (Å²) in [5.41, 5.74) is 6.07. The van der Waals surface area contributed by atoms with Gasteiger partial charge in [0.2, 0.25) is 5.95 Å². The van der Waals surface area contributed by atoms with Gasteiger partial charge in [-0.15, -0.1) is 0 Å². The van der Waals surface area contributed by atoms with Gasteiger partial charge in [0, 0.05) is 38.8 Å². The molecule has 0 aromatic carbocycles. The molecule has 1 aromatic heterocycles. The summed E-state index contributed by atoms with van der Waals surface area (Å²) in [5.74, 6) is 4.63. The minimum absolute atomic E-state index is 0.546. The van der Waals surface area contributed by atoms with Crippen LogP contribution >= 0.6 is 0 Å². The van der Waals surface area contributed by atoms with Crippen molar-refractivity contribution in [3.8, 4) is 0 Å². The Hall–Kier alpha value is -1.64. The third kappa shape index (κ3) is 8.54. The Morgan fingerprint density at radius 3 is 2.12 bits per heavy atom. The number of piperazine rings is 1. The first-order chi connectivity index (χ1) is 16.8. The third-order valence-electron chi connectivity index (χ3n) is 7.99. The molecule has 0 bridgehead atoms. The molecule has 3 fully saturated rings. The van der Waals surface area contributed by atoms with Gasteiger partial charge >= 0.3 is 0 Å². The number of hydrogen-bond donors (Lipinski definition) is 5. The van der Waals surface area contributed by atoms with E-state index in [1.807, 2.05) is 6.07 Å². The van der Waals surface area contributed by atoms with Crippen LogP contribution < -0.4 is 31.9 Å². The Kier molecular flexibility index (Phi) is 10.5. The first-order valence-corrected chi connectivity index (χ1v) is 14.0. The molecular weight excluding hydrogens is 424 g/mol. The van der Waals surface area contributed by atoms with E-state index in [0.29, 0.717) is 17.7 Å². The number of nitrogen functional groups attached to an aromatic ring is 1. The van der Waals surface area contributed by atoms with E-state index in [4.69, 9.17) is 10.7 Å². The van der Waals surface area contributed by atoms with Crippen LogP contribution in [0.1, 0.15) is 64.2 Å². The molecule has 8 nitrogen and oxygen atoms in total. The topological polar surface area (TPSA) is 103 Å². The van der Waals surface area contributed by atoms with Gasteiger partial charge in [-0.1, -0.05) is 19.3 Å². The van der Waals surface area contributed by atoms with Gasteiger partial charge in [-0.3, -0.25) is 0 Å². The smallest absolute Gasteiger partial charge is 0.226 e. The maximum Gasteiger partial charge on any atom is 0.226 e. The Morgan fingerprint density at radius 2 is 1.44 bits per heavy atom. The van der Waals surface area contributed by atoms with Crippen molar-refractivity contribution in [3.05, 3.63) is 6.07 Å². The van der Waals surface area contributed by atoms with E-state index in [-0.39, 0.29) is 0 Å². The summed E-state index contributed by atoms with van der Waals surface area (Å²) in [5, 5.41) is 14.3. The highest BCUT2D eigenvalue weighted by molar-refractivity contribution is 5.51. The van der Waals surface area contributed by atoms with Crippen LogP contribution in [0.4, 0.5) is 17.6 Å². The zero-order valence-corrected chi connectivity index (χ0v) is 21.2. The molecule has 2 saturated carbocycles. The summed E-state index contributed by atoms with van der Waals surface area (Å²) in [6.45, 7) is 9.55.